The van der Waals surface area contributed by atoms with Crippen molar-refractivity contribution in [3.05, 3.63) is 65.5 Å². The molecular formula is C22H23F3N2O3. The number of fused-ring (bicyclic) bond motifs is 2. The Balaban J connectivity index is 1.51. The zero-order valence-electron chi connectivity index (χ0n) is 16.3. The van der Waals surface area contributed by atoms with Crippen molar-refractivity contribution in [3.63, 3.8) is 0 Å². The van der Waals surface area contributed by atoms with Crippen LogP contribution in [0.2, 0.25) is 0 Å². The fourth-order valence-corrected chi connectivity index (χ4v) is 4.59. The second-order valence-electron chi connectivity index (χ2n) is 8.05. The molecule has 1 aromatic heterocycles. The lowest BCUT2D eigenvalue weighted by Crippen LogP contribution is -2.59. The molecule has 160 valence electrons. The summed E-state index contributed by atoms with van der Waals surface area (Å²) in [6, 6.07) is 10.5. The molecule has 3 heterocycles. The number of aliphatic hydroxyl groups is 1. The first kappa shape index (κ1) is 20.7. The van der Waals surface area contributed by atoms with E-state index in [1.54, 1.807) is 4.90 Å². The van der Waals surface area contributed by atoms with Crippen LogP contribution in [0.5, 0.6) is 0 Å². The van der Waals surface area contributed by atoms with Crippen LogP contribution in [0.25, 0.3) is 0 Å². The number of amides is 1. The number of halogens is 3. The summed E-state index contributed by atoms with van der Waals surface area (Å²) in [6.45, 7) is 0.148. The predicted molar refractivity (Wildman–Crippen MR) is 102 cm³/mol. The number of alkyl halides is 3. The van der Waals surface area contributed by atoms with Gasteiger partial charge in [-0.1, -0.05) is 30.3 Å². The molecule has 1 N–H and O–H groups in total. The van der Waals surface area contributed by atoms with E-state index in [0.717, 1.165) is 30.3 Å². The predicted octanol–water partition coefficient (Wildman–Crippen LogP) is 4.64. The lowest BCUT2D eigenvalue weighted by atomic mass is 9.74. The van der Waals surface area contributed by atoms with E-state index in [1.807, 2.05) is 30.3 Å². The third-order valence-electron chi connectivity index (χ3n) is 5.99. The zero-order valence-corrected chi connectivity index (χ0v) is 16.3. The Labute approximate surface area is 172 Å². The molecule has 0 spiro atoms. The Morgan fingerprint density at radius 1 is 1.17 bits per heavy atom. The summed E-state index contributed by atoms with van der Waals surface area (Å²) in [7, 11) is 0. The maximum Gasteiger partial charge on any atom is 0.416 e. The number of benzene rings is 1. The molecule has 1 aromatic carbocycles. The van der Waals surface area contributed by atoms with Crippen LogP contribution in [-0.2, 0) is 23.1 Å². The molecule has 2 aliphatic rings. The maximum absolute atomic E-state index is 13.1. The molecule has 0 radical (unpaired) electrons. The Morgan fingerprint density at radius 2 is 1.83 bits per heavy atom. The van der Waals surface area contributed by atoms with Gasteiger partial charge in [-0.05, 0) is 37.0 Å². The number of nitrogens with zero attached hydrogens (tertiary/aromatic N) is 2. The van der Waals surface area contributed by atoms with Gasteiger partial charge < -0.3 is 14.7 Å². The lowest BCUT2D eigenvalue weighted by molar-refractivity contribution is -0.138. The highest BCUT2D eigenvalue weighted by Gasteiger charge is 2.49. The summed E-state index contributed by atoms with van der Waals surface area (Å²) in [5.74, 6) is 0. The first-order chi connectivity index (χ1) is 14.3. The van der Waals surface area contributed by atoms with Gasteiger partial charge in [0.2, 0.25) is 0 Å². The van der Waals surface area contributed by atoms with Gasteiger partial charge in [0.05, 0.1) is 11.3 Å². The smallest absolute Gasteiger partial charge is 0.416 e. The van der Waals surface area contributed by atoms with Crippen molar-refractivity contribution >= 4 is 6.09 Å². The van der Waals surface area contributed by atoms with Crippen molar-refractivity contribution in [3.8, 4) is 0 Å². The largest absolute Gasteiger partial charge is 0.445 e. The highest BCUT2D eigenvalue weighted by atomic mass is 19.4. The molecule has 8 heteroatoms. The Morgan fingerprint density at radius 3 is 2.47 bits per heavy atom. The van der Waals surface area contributed by atoms with E-state index in [-0.39, 0.29) is 37.2 Å². The van der Waals surface area contributed by atoms with Crippen molar-refractivity contribution in [2.45, 2.75) is 62.6 Å². The van der Waals surface area contributed by atoms with E-state index < -0.39 is 23.4 Å². The molecule has 2 aromatic rings. The standard InChI is InChI=1S/C22H23F3N2O3/c23-22(24,25)16-9-10-26-19(11-16)21(29)12-17-7-4-8-18(13-21)27(17)20(28)30-14-15-5-2-1-3-6-15/h1-3,5-6,9-11,17-18,29H,4,7-8,12-14H2. The molecule has 2 aliphatic heterocycles. The number of carbonyl (C=O) groups excluding carboxylic acids is 1. The van der Waals surface area contributed by atoms with Crippen LogP contribution in [0, 0.1) is 0 Å². The van der Waals surface area contributed by atoms with Gasteiger partial charge >= 0.3 is 12.3 Å². The number of ether oxygens (including phenoxy) is 1. The fourth-order valence-electron chi connectivity index (χ4n) is 4.59. The summed E-state index contributed by atoms with van der Waals surface area (Å²) in [6.07, 6.45) is -1.39. The SMILES string of the molecule is O=C(OCc1ccccc1)N1C2CCCC1CC(O)(c1cc(C(F)(F)F)ccn1)C2. The van der Waals surface area contributed by atoms with Crippen molar-refractivity contribution in [2.24, 2.45) is 0 Å². The molecule has 2 fully saturated rings. The van der Waals surface area contributed by atoms with Gasteiger partial charge in [-0.15, -0.1) is 0 Å². The fraction of sp³-hybridized carbons (Fsp3) is 0.455. The Bertz CT molecular complexity index is 890. The van der Waals surface area contributed by atoms with E-state index in [2.05, 4.69) is 4.98 Å². The monoisotopic (exact) mass is 420 g/mol. The van der Waals surface area contributed by atoms with Crippen LogP contribution in [0.4, 0.5) is 18.0 Å². The van der Waals surface area contributed by atoms with Crippen LogP contribution in [0.15, 0.2) is 48.7 Å². The molecule has 2 unspecified atom stereocenters. The first-order valence-corrected chi connectivity index (χ1v) is 10.0. The average molecular weight is 420 g/mol. The third-order valence-corrected chi connectivity index (χ3v) is 5.99. The minimum absolute atomic E-state index is 0.00604. The average Bonchev–Trinajstić information content (AvgIpc) is 2.72. The molecule has 2 saturated heterocycles. The van der Waals surface area contributed by atoms with Gasteiger partial charge in [0.1, 0.15) is 12.2 Å². The lowest BCUT2D eigenvalue weighted by Gasteiger charge is -2.51. The van der Waals surface area contributed by atoms with E-state index in [0.29, 0.717) is 12.8 Å². The van der Waals surface area contributed by atoms with Gasteiger partial charge in [-0.2, -0.15) is 13.2 Å². The number of rotatable bonds is 3. The number of aromatic nitrogens is 1. The quantitative estimate of drug-likeness (QED) is 0.786. The van der Waals surface area contributed by atoms with Crippen molar-refractivity contribution in [1.29, 1.82) is 0 Å². The molecule has 0 saturated carbocycles. The molecule has 4 rings (SSSR count). The zero-order chi connectivity index (χ0) is 21.4. The van der Waals surface area contributed by atoms with Crippen molar-refractivity contribution in [1.82, 2.24) is 9.88 Å². The number of pyridine rings is 1. The Kier molecular flexibility index (Phi) is 5.44. The van der Waals surface area contributed by atoms with Crippen LogP contribution in [0.1, 0.15) is 48.9 Å². The summed E-state index contributed by atoms with van der Waals surface area (Å²) >= 11 is 0. The third kappa shape index (κ3) is 4.14. The summed E-state index contributed by atoms with van der Waals surface area (Å²) < 4.78 is 44.8. The summed E-state index contributed by atoms with van der Waals surface area (Å²) in [5, 5.41) is 11.2. The highest BCUT2D eigenvalue weighted by Crippen LogP contribution is 2.44. The van der Waals surface area contributed by atoms with Gasteiger partial charge in [-0.25, -0.2) is 4.79 Å². The molecule has 2 atom stereocenters. The summed E-state index contributed by atoms with van der Waals surface area (Å²) in [5.41, 5.74) is -1.47. The van der Waals surface area contributed by atoms with E-state index >= 15 is 0 Å². The number of carbonyl (C=O) groups is 1. The second-order valence-corrected chi connectivity index (χ2v) is 8.05. The van der Waals surface area contributed by atoms with Crippen LogP contribution >= 0.6 is 0 Å². The molecule has 0 aliphatic carbocycles. The van der Waals surface area contributed by atoms with Gasteiger partial charge in [0.15, 0.2) is 0 Å². The highest BCUT2D eigenvalue weighted by molar-refractivity contribution is 5.69. The first-order valence-electron chi connectivity index (χ1n) is 10.0. The van der Waals surface area contributed by atoms with Crippen molar-refractivity contribution in [2.75, 3.05) is 0 Å². The van der Waals surface area contributed by atoms with E-state index in [4.69, 9.17) is 4.74 Å². The summed E-state index contributed by atoms with van der Waals surface area (Å²) in [4.78, 5) is 18.5. The number of hydrogen-bond donors (Lipinski definition) is 1. The molecule has 2 bridgehead atoms. The Hall–Kier alpha value is -2.61. The van der Waals surface area contributed by atoms with Gasteiger partial charge in [0.25, 0.3) is 0 Å². The van der Waals surface area contributed by atoms with E-state index in [1.165, 1.54) is 0 Å². The molecule has 1 amide bonds. The molecule has 5 nitrogen and oxygen atoms in total. The second kappa shape index (κ2) is 7.91. The topological polar surface area (TPSA) is 62.7 Å². The van der Waals surface area contributed by atoms with Gasteiger partial charge in [-0.3, -0.25) is 4.98 Å². The van der Waals surface area contributed by atoms with Crippen LogP contribution < -0.4 is 0 Å². The van der Waals surface area contributed by atoms with Crippen molar-refractivity contribution < 1.29 is 27.8 Å². The number of piperidine rings is 2. The molecule has 30 heavy (non-hydrogen) atoms. The van der Waals surface area contributed by atoms with Crippen LogP contribution in [-0.4, -0.2) is 33.2 Å². The van der Waals surface area contributed by atoms with Gasteiger partial charge in [0, 0.05) is 31.1 Å². The molecular weight excluding hydrogens is 397 g/mol. The normalized spacial score (nSPS) is 26.3. The number of hydrogen-bond acceptors (Lipinski definition) is 4. The maximum atomic E-state index is 13.1. The van der Waals surface area contributed by atoms with Crippen LogP contribution in [0.3, 0.4) is 0 Å². The van der Waals surface area contributed by atoms with E-state index in [9.17, 15) is 23.1 Å². The minimum Gasteiger partial charge on any atom is -0.445 e. The minimum atomic E-state index is -4.51.